The molecule has 0 aliphatic carbocycles. The predicted octanol–water partition coefficient (Wildman–Crippen LogP) is 10.0. The van der Waals surface area contributed by atoms with Gasteiger partial charge in [0.25, 0.3) is 0 Å². The van der Waals surface area contributed by atoms with Gasteiger partial charge in [0.1, 0.15) is 35.2 Å². The first-order chi connectivity index (χ1) is 24.0. The Labute approximate surface area is 300 Å². The van der Waals surface area contributed by atoms with Crippen LogP contribution < -0.4 is 14.8 Å². The Morgan fingerprint density at radius 2 is 1.30 bits per heavy atom. The molecular formula is C42H60N2O6. The first-order valence-corrected chi connectivity index (χ1v) is 18.3. The third kappa shape index (κ3) is 15.2. The fourth-order valence-electron chi connectivity index (χ4n) is 5.37. The highest BCUT2D eigenvalue weighted by atomic mass is 16.6. The summed E-state index contributed by atoms with van der Waals surface area (Å²) in [5.74, 6) is 2.30. The van der Waals surface area contributed by atoms with Gasteiger partial charge in [0.05, 0.1) is 13.2 Å². The van der Waals surface area contributed by atoms with E-state index in [2.05, 4.69) is 67.1 Å². The van der Waals surface area contributed by atoms with Crippen molar-refractivity contribution in [3.8, 4) is 11.5 Å². The monoisotopic (exact) mass is 688 g/mol. The van der Waals surface area contributed by atoms with Crippen molar-refractivity contribution in [3.05, 3.63) is 95.8 Å². The highest BCUT2D eigenvalue weighted by molar-refractivity contribution is 5.67. The molecule has 0 bridgehead atoms. The number of benzene rings is 2. The van der Waals surface area contributed by atoms with Gasteiger partial charge >= 0.3 is 6.09 Å². The van der Waals surface area contributed by atoms with E-state index in [0.29, 0.717) is 25.5 Å². The van der Waals surface area contributed by atoms with Crippen molar-refractivity contribution >= 4 is 11.9 Å². The van der Waals surface area contributed by atoms with Crippen molar-refractivity contribution in [1.29, 1.82) is 0 Å². The minimum absolute atomic E-state index is 0.164. The summed E-state index contributed by atoms with van der Waals surface area (Å²) in [6.45, 7) is 19.8. The maximum atomic E-state index is 11.6. The molecule has 274 valence electrons. The number of carbonyl (C=O) groups excluding carboxylic acids is 1. The SMILES string of the molecule is C=C(OCC)c1cc(COc2ccc(C(C)(C)c3ccc(OCCCCCCCCOCCCCNC(=O)OC(C)(C)C)cc3)cc2)ccn1. The summed E-state index contributed by atoms with van der Waals surface area (Å²) in [6, 6.07) is 20.7. The lowest BCUT2D eigenvalue weighted by Crippen LogP contribution is -2.33. The topological polar surface area (TPSA) is 88.1 Å². The van der Waals surface area contributed by atoms with Gasteiger partial charge in [-0.1, -0.05) is 70.4 Å². The summed E-state index contributed by atoms with van der Waals surface area (Å²) in [7, 11) is 0. The second-order valence-corrected chi connectivity index (χ2v) is 14.1. The van der Waals surface area contributed by atoms with E-state index >= 15 is 0 Å². The fraction of sp³-hybridized carbons (Fsp3) is 0.524. The van der Waals surface area contributed by atoms with E-state index in [1.165, 1.54) is 36.8 Å². The van der Waals surface area contributed by atoms with Crippen LogP contribution in [-0.2, 0) is 26.2 Å². The smallest absolute Gasteiger partial charge is 0.407 e. The lowest BCUT2D eigenvalue weighted by Gasteiger charge is -2.26. The maximum absolute atomic E-state index is 11.6. The molecule has 1 amide bonds. The average Bonchev–Trinajstić information content (AvgIpc) is 3.09. The molecule has 0 unspecified atom stereocenters. The Kier molecular flexibility index (Phi) is 17.2. The van der Waals surface area contributed by atoms with Crippen molar-refractivity contribution in [2.24, 2.45) is 0 Å². The molecule has 8 nitrogen and oxygen atoms in total. The zero-order valence-electron chi connectivity index (χ0n) is 31.4. The van der Waals surface area contributed by atoms with Crippen molar-refractivity contribution in [3.63, 3.8) is 0 Å². The molecule has 0 saturated carbocycles. The van der Waals surface area contributed by atoms with Crippen LogP contribution in [0.1, 0.15) is 115 Å². The molecule has 3 rings (SSSR count). The van der Waals surface area contributed by atoms with E-state index in [1.54, 1.807) is 6.20 Å². The molecule has 3 aromatic rings. The van der Waals surface area contributed by atoms with E-state index in [0.717, 1.165) is 68.3 Å². The van der Waals surface area contributed by atoms with E-state index in [4.69, 9.17) is 23.7 Å². The molecule has 0 aliphatic heterocycles. The number of alkyl carbamates (subject to hydrolysis) is 1. The Morgan fingerprint density at radius 1 is 0.740 bits per heavy atom. The maximum Gasteiger partial charge on any atom is 0.407 e. The van der Waals surface area contributed by atoms with E-state index in [1.807, 2.05) is 52.0 Å². The number of hydrogen-bond donors (Lipinski definition) is 1. The normalized spacial score (nSPS) is 11.6. The highest BCUT2D eigenvalue weighted by Crippen LogP contribution is 2.33. The second-order valence-electron chi connectivity index (χ2n) is 14.1. The molecule has 0 aliphatic rings. The number of aromatic nitrogens is 1. The zero-order valence-corrected chi connectivity index (χ0v) is 31.4. The molecule has 1 N–H and O–H groups in total. The van der Waals surface area contributed by atoms with Gasteiger partial charge < -0.3 is 29.0 Å². The number of nitrogens with one attached hydrogen (secondary N) is 1. The standard InChI is InChI=1S/C42H60N2O6/c1-8-47-33(2)39-31-34(25-27-43-39)32-49-38-23-19-36(20-24-38)42(6,7)35-17-21-37(22-18-35)48-30-15-12-10-9-11-14-28-46-29-16-13-26-44-40(45)50-41(3,4)5/h17-25,27,31H,2,8-16,26,28-30,32H2,1,3-7H3,(H,44,45). The molecule has 0 saturated heterocycles. The molecule has 0 fully saturated rings. The zero-order chi connectivity index (χ0) is 36.2. The van der Waals surface area contributed by atoms with Crippen LogP contribution in [0.3, 0.4) is 0 Å². The van der Waals surface area contributed by atoms with Crippen LogP contribution in [0.4, 0.5) is 4.79 Å². The minimum Gasteiger partial charge on any atom is -0.494 e. The van der Waals surface area contributed by atoms with Gasteiger partial charge in [-0.15, -0.1) is 0 Å². The van der Waals surface area contributed by atoms with Crippen molar-refractivity contribution in [2.75, 3.05) is 33.0 Å². The number of carbonyl (C=O) groups is 1. The molecule has 0 spiro atoms. The number of nitrogens with zero attached hydrogens (tertiary/aromatic N) is 1. The molecule has 0 atom stereocenters. The number of rotatable bonds is 23. The summed E-state index contributed by atoms with van der Waals surface area (Å²) in [4.78, 5) is 16.0. The molecule has 1 heterocycles. The molecule has 8 heteroatoms. The van der Waals surface area contributed by atoms with Crippen molar-refractivity contribution in [1.82, 2.24) is 10.3 Å². The van der Waals surface area contributed by atoms with E-state index in [-0.39, 0.29) is 11.5 Å². The highest BCUT2D eigenvalue weighted by Gasteiger charge is 2.23. The van der Waals surface area contributed by atoms with Crippen LogP contribution in [0, 0.1) is 0 Å². The van der Waals surface area contributed by atoms with Gasteiger partial charge in [0.15, 0.2) is 0 Å². The number of hydrogen-bond acceptors (Lipinski definition) is 7. The third-order valence-corrected chi connectivity index (χ3v) is 8.32. The van der Waals surface area contributed by atoms with Crippen molar-refractivity contribution < 1.29 is 28.5 Å². The Bertz CT molecular complexity index is 1410. The molecule has 1 aromatic heterocycles. The van der Waals surface area contributed by atoms with E-state index < -0.39 is 5.60 Å². The van der Waals surface area contributed by atoms with Gasteiger partial charge in [0.2, 0.25) is 0 Å². The Hall–Kier alpha value is -4.04. The molecule has 0 radical (unpaired) electrons. The molecular weight excluding hydrogens is 628 g/mol. The number of pyridine rings is 1. The summed E-state index contributed by atoms with van der Waals surface area (Å²) in [5, 5.41) is 2.78. The lowest BCUT2D eigenvalue weighted by molar-refractivity contribution is 0.0524. The van der Waals surface area contributed by atoms with Crippen LogP contribution in [0.5, 0.6) is 11.5 Å². The second kappa shape index (κ2) is 21.2. The van der Waals surface area contributed by atoms with Gasteiger partial charge in [-0.2, -0.15) is 0 Å². The average molecular weight is 689 g/mol. The third-order valence-electron chi connectivity index (χ3n) is 8.32. The minimum atomic E-state index is -0.462. The first kappa shape index (κ1) is 40.4. The van der Waals surface area contributed by atoms with Gasteiger partial charge in [-0.05, 0) is 106 Å². The van der Waals surface area contributed by atoms with Gasteiger partial charge in [-0.3, -0.25) is 4.98 Å². The summed E-state index contributed by atoms with van der Waals surface area (Å²) < 4.78 is 28.5. The van der Waals surface area contributed by atoms with Gasteiger partial charge in [-0.25, -0.2) is 4.79 Å². The lowest BCUT2D eigenvalue weighted by atomic mass is 9.78. The summed E-state index contributed by atoms with van der Waals surface area (Å²) in [5.41, 5.74) is 3.56. The van der Waals surface area contributed by atoms with Gasteiger partial charge in [0, 0.05) is 31.4 Å². The van der Waals surface area contributed by atoms with Crippen LogP contribution in [0.15, 0.2) is 73.4 Å². The molecule has 2 aromatic carbocycles. The molecule has 50 heavy (non-hydrogen) atoms. The van der Waals surface area contributed by atoms with Crippen LogP contribution in [0.25, 0.3) is 5.76 Å². The van der Waals surface area contributed by atoms with E-state index in [9.17, 15) is 4.79 Å². The Morgan fingerprint density at radius 3 is 1.90 bits per heavy atom. The van der Waals surface area contributed by atoms with Crippen LogP contribution in [0.2, 0.25) is 0 Å². The fourth-order valence-corrected chi connectivity index (χ4v) is 5.37. The number of ether oxygens (including phenoxy) is 5. The number of unbranched alkanes of at least 4 members (excludes halogenated alkanes) is 6. The Balaban J connectivity index is 1.25. The van der Waals surface area contributed by atoms with Crippen LogP contribution >= 0.6 is 0 Å². The largest absolute Gasteiger partial charge is 0.494 e. The number of amides is 1. The predicted molar refractivity (Wildman–Crippen MR) is 202 cm³/mol. The van der Waals surface area contributed by atoms with Crippen LogP contribution in [-0.4, -0.2) is 49.7 Å². The summed E-state index contributed by atoms with van der Waals surface area (Å²) in [6.07, 6.45) is 10.2. The first-order valence-electron chi connectivity index (χ1n) is 18.3. The quantitative estimate of drug-likeness (QED) is 0.0784. The van der Waals surface area contributed by atoms with Crippen molar-refractivity contribution in [2.45, 2.75) is 111 Å². The summed E-state index contributed by atoms with van der Waals surface area (Å²) >= 11 is 0.